The van der Waals surface area contributed by atoms with Crippen molar-refractivity contribution < 1.29 is 14.4 Å². The molecular formula is C34H25Cl3N4O3S2. The lowest BCUT2D eigenvalue weighted by Crippen LogP contribution is -2.30. The van der Waals surface area contributed by atoms with Crippen LogP contribution in [0.3, 0.4) is 0 Å². The Morgan fingerprint density at radius 1 is 0.826 bits per heavy atom. The minimum Gasteiger partial charge on any atom is -0.321 e. The van der Waals surface area contributed by atoms with Gasteiger partial charge in [-0.1, -0.05) is 83.3 Å². The number of nitrogens with zero attached hydrogens (tertiary/aromatic N) is 1. The van der Waals surface area contributed by atoms with Gasteiger partial charge in [0, 0.05) is 32.1 Å². The van der Waals surface area contributed by atoms with Crippen LogP contribution in [-0.4, -0.2) is 28.0 Å². The van der Waals surface area contributed by atoms with Crippen LogP contribution < -0.4 is 16.0 Å². The smallest absolute Gasteiger partial charge is 0.272 e. The maximum Gasteiger partial charge on any atom is 0.272 e. The molecule has 0 aliphatic carbocycles. The Bertz CT molecular complexity index is 1910. The van der Waals surface area contributed by atoms with Crippen molar-refractivity contribution in [1.82, 2.24) is 10.3 Å². The summed E-state index contributed by atoms with van der Waals surface area (Å²) in [4.78, 5) is 44.5. The zero-order valence-corrected chi connectivity index (χ0v) is 28.0. The lowest BCUT2D eigenvalue weighted by molar-refractivity contribution is -0.115. The number of carbonyl (C=O) groups excluding carboxylic acids is 3. The number of anilines is 2. The number of halogens is 3. The Balaban J connectivity index is 1.23. The number of benzene rings is 4. The van der Waals surface area contributed by atoms with Crippen LogP contribution in [0.2, 0.25) is 15.1 Å². The minimum atomic E-state index is -0.562. The number of thioether (sulfide) groups is 1. The minimum absolute atomic E-state index is 0.0263. The van der Waals surface area contributed by atoms with E-state index in [1.54, 1.807) is 85.8 Å². The summed E-state index contributed by atoms with van der Waals surface area (Å²) >= 11 is 21.5. The predicted octanol–water partition coefficient (Wildman–Crippen LogP) is 9.30. The van der Waals surface area contributed by atoms with Gasteiger partial charge in [0.1, 0.15) is 5.70 Å². The molecule has 3 N–H and O–H groups in total. The molecule has 1 aromatic heterocycles. The SMILES string of the molecule is CC(Sc1ccc(NC(=O)/C(=C/c2cccc(Cl)c2Cl)NC(=O)c2ccccc2)cc1)C(=O)Nc1nc(-c2ccccc2Cl)cs1. The van der Waals surface area contributed by atoms with Gasteiger partial charge >= 0.3 is 0 Å². The van der Waals surface area contributed by atoms with E-state index in [4.69, 9.17) is 34.8 Å². The maximum absolute atomic E-state index is 13.4. The van der Waals surface area contributed by atoms with Crippen LogP contribution in [0.25, 0.3) is 17.3 Å². The number of carbonyl (C=O) groups is 3. The summed E-state index contributed by atoms with van der Waals surface area (Å²) in [5, 5.41) is 11.4. The summed E-state index contributed by atoms with van der Waals surface area (Å²) in [7, 11) is 0. The molecule has 0 saturated carbocycles. The molecular weight excluding hydrogens is 683 g/mol. The fourth-order valence-corrected chi connectivity index (χ4v) is 6.31. The van der Waals surface area contributed by atoms with Crippen molar-refractivity contribution in [2.45, 2.75) is 17.1 Å². The summed E-state index contributed by atoms with van der Waals surface area (Å²) < 4.78 is 0. The first-order chi connectivity index (χ1) is 22.2. The number of hydrogen-bond acceptors (Lipinski definition) is 6. The standard InChI is InChI=1S/C34H25Cl3N4O3S2/c1-20(31(42)41-34-40-29(19-45-34)25-11-5-6-12-26(25)35)46-24-16-14-23(15-17-24)38-33(44)28(18-22-10-7-13-27(36)30(22)37)39-32(43)21-8-3-2-4-9-21/h2-20H,1H3,(H,38,44)(H,39,43)(H,40,41,42)/b28-18-. The Morgan fingerprint density at radius 3 is 2.26 bits per heavy atom. The van der Waals surface area contributed by atoms with Crippen LogP contribution in [0.15, 0.2) is 113 Å². The van der Waals surface area contributed by atoms with Crippen molar-refractivity contribution in [3.63, 3.8) is 0 Å². The maximum atomic E-state index is 13.4. The summed E-state index contributed by atoms with van der Waals surface area (Å²) in [6, 6.07) is 28.0. The first kappa shape index (κ1) is 33.2. The number of aromatic nitrogens is 1. The molecule has 0 aliphatic heterocycles. The molecule has 3 amide bonds. The average molecular weight is 708 g/mol. The quantitative estimate of drug-likeness (QED) is 0.0993. The monoisotopic (exact) mass is 706 g/mol. The van der Waals surface area contributed by atoms with E-state index in [2.05, 4.69) is 20.9 Å². The fraction of sp³-hybridized carbons (Fsp3) is 0.0588. The lowest BCUT2D eigenvalue weighted by atomic mass is 10.1. The van der Waals surface area contributed by atoms with Gasteiger partial charge in [-0.15, -0.1) is 23.1 Å². The first-order valence-corrected chi connectivity index (χ1v) is 16.7. The van der Waals surface area contributed by atoms with E-state index in [-0.39, 0.29) is 16.6 Å². The molecule has 7 nitrogen and oxygen atoms in total. The zero-order chi connectivity index (χ0) is 32.6. The molecule has 12 heteroatoms. The van der Waals surface area contributed by atoms with Crippen LogP contribution in [0.1, 0.15) is 22.8 Å². The predicted molar refractivity (Wildman–Crippen MR) is 190 cm³/mol. The average Bonchev–Trinajstić information content (AvgIpc) is 3.52. The normalized spacial score (nSPS) is 11.9. The van der Waals surface area contributed by atoms with E-state index in [0.717, 1.165) is 10.5 Å². The van der Waals surface area contributed by atoms with Gasteiger partial charge in [-0.05, 0) is 67.1 Å². The van der Waals surface area contributed by atoms with Crippen molar-refractivity contribution in [2.75, 3.05) is 10.6 Å². The highest BCUT2D eigenvalue weighted by molar-refractivity contribution is 8.00. The molecule has 4 aromatic carbocycles. The summed E-state index contributed by atoms with van der Waals surface area (Å²) in [5.74, 6) is -1.23. The van der Waals surface area contributed by atoms with Gasteiger partial charge in [-0.25, -0.2) is 4.98 Å². The number of thiazole rings is 1. The highest BCUT2D eigenvalue weighted by Gasteiger charge is 2.19. The Hall–Kier alpha value is -4.12. The van der Waals surface area contributed by atoms with Gasteiger partial charge in [0.25, 0.3) is 11.8 Å². The molecule has 5 aromatic rings. The van der Waals surface area contributed by atoms with Crippen molar-refractivity contribution in [3.8, 4) is 11.3 Å². The molecule has 0 bridgehead atoms. The van der Waals surface area contributed by atoms with Crippen LogP contribution in [-0.2, 0) is 9.59 Å². The Kier molecular flexibility index (Phi) is 11.2. The van der Waals surface area contributed by atoms with Gasteiger partial charge < -0.3 is 16.0 Å². The molecule has 5 rings (SSSR count). The molecule has 0 spiro atoms. The van der Waals surface area contributed by atoms with Crippen LogP contribution >= 0.6 is 57.9 Å². The fourth-order valence-electron chi connectivity index (χ4n) is 4.13. The van der Waals surface area contributed by atoms with Crippen molar-refractivity contribution in [3.05, 3.63) is 134 Å². The van der Waals surface area contributed by atoms with Crippen molar-refractivity contribution in [1.29, 1.82) is 0 Å². The van der Waals surface area contributed by atoms with Gasteiger partial charge in [-0.3, -0.25) is 14.4 Å². The van der Waals surface area contributed by atoms with Crippen LogP contribution in [0.4, 0.5) is 10.8 Å². The second-order valence-corrected chi connectivity index (χ2v) is 13.2. The molecule has 1 atom stereocenters. The van der Waals surface area contributed by atoms with Crippen LogP contribution in [0, 0.1) is 0 Å². The lowest BCUT2D eigenvalue weighted by Gasteiger charge is -2.13. The van der Waals surface area contributed by atoms with Gasteiger partial charge in [0.2, 0.25) is 5.91 Å². The van der Waals surface area contributed by atoms with E-state index in [0.29, 0.717) is 37.7 Å². The largest absolute Gasteiger partial charge is 0.321 e. The molecule has 1 heterocycles. The highest BCUT2D eigenvalue weighted by Crippen LogP contribution is 2.32. The van der Waals surface area contributed by atoms with Crippen molar-refractivity contribution >= 4 is 92.5 Å². The van der Waals surface area contributed by atoms with E-state index in [9.17, 15) is 14.4 Å². The van der Waals surface area contributed by atoms with Crippen LogP contribution in [0.5, 0.6) is 0 Å². The number of nitrogens with one attached hydrogen (secondary N) is 3. The summed E-state index contributed by atoms with van der Waals surface area (Å²) in [6.07, 6.45) is 1.47. The van der Waals surface area contributed by atoms with Gasteiger partial charge in [-0.2, -0.15) is 0 Å². The summed E-state index contributed by atoms with van der Waals surface area (Å²) in [6.45, 7) is 1.80. The molecule has 1 unspecified atom stereocenters. The molecule has 0 saturated heterocycles. The third-order valence-electron chi connectivity index (χ3n) is 6.49. The molecule has 46 heavy (non-hydrogen) atoms. The van der Waals surface area contributed by atoms with Gasteiger partial charge in [0.15, 0.2) is 5.13 Å². The number of hydrogen-bond donors (Lipinski definition) is 3. The highest BCUT2D eigenvalue weighted by atomic mass is 35.5. The summed E-state index contributed by atoms with van der Waals surface area (Å²) in [5.41, 5.74) is 2.79. The second-order valence-electron chi connectivity index (χ2n) is 9.77. The van der Waals surface area contributed by atoms with E-state index >= 15 is 0 Å². The third-order valence-corrected chi connectivity index (χ3v) is 9.52. The molecule has 0 fully saturated rings. The first-order valence-electron chi connectivity index (χ1n) is 13.8. The number of rotatable bonds is 10. The second kappa shape index (κ2) is 15.4. The number of amides is 3. The van der Waals surface area contributed by atoms with Crippen molar-refractivity contribution in [2.24, 2.45) is 0 Å². The van der Waals surface area contributed by atoms with E-state index in [1.807, 2.05) is 23.6 Å². The third kappa shape index (κ3) is 8.57. The Labute approximate surface area is 289 Å². The topological polar surface area (TPSA) is 100 Å². The zero-order valence-electron chi connectivity index (χ0n) is 24.1. The molecule has 232 valence electrons. The van der Waals surface area contributed by atoms with E-state index in [1.165, 1.54) is 29.2 Å². The van der Waals surface area contributed by atoms with Gasteiger partial charge in [0.05, 0.1) is 21.0 Å². The molecule has 0 radical (unpaired) electrons. The Morgan fingerprint density at radius 2 is 1.52 bits per heavy atom. The van der Waals surface area contributed by atoms with E-state index < -0.39 is 17.1 Å². The molecule has 0 aliphatic rings.